The number of aliphatic carboxylic acids is 1. The van der Waals surface area contributed by atoms with Crippen LogP contribution < -0.4 is 0 Å². The Morgan fingerprint density at radius 2 is 1.93 bits per heavy atom. The molecule has 1 aromatic rings. The third-order valence-electron chi connectivity index (χ3n) is 2.86. The van der Waals surface area contributed by atoms with Crippen molar-refractivity contribution < 1.29 is 14.3 Å². The molecule has 1 aliphatic carbocycles. The van der Waals surface area contributed by atoms with Crippen molar-refractivity contribution in [2.45, 2.75) is 19.0 Å². The number of halogens is 2. The van der Waals surface area contributed by atoms with Crippen molar-refractivity contribution in [3.63, 3.8) is 0 Å². The van der Waals surface area contributed by atoms with E-state index in [1.165, 1.54) is 0 Å². The van der Waals surface area contributed by atoms with Gasteiger partial charge < -0.3 is 5.11 Å². The van der Waals surface area contributed by atoms with Gasteiger partial charge in [0.1, 0.15) is 11.6 Å². The molecule has 0 amide bonds. The topological polar surface area (TPSA) is 37.3 Å². The lowest BCUT2D eigenvalue weighted by molar-refractivity contribution is -0.146. The molecule has 0 aromatic heterocycles. The van der Waals surface area contributed by atoms with Crippen LogP contribution in [0.25, 0.3) is 0 Å². The molecule has 0 saturated heterocycles. The highest BCUT2D eigenvalue weighted by molar-refractivity contribution is 9.10. The summed E-state index contributed by atoms with van der Waals surface area (Å²) in [6.45, 7) is 0. The Hall–Kier alpha value is -0.900. The Bertz CT molecular complexity index is 384. The molecule has 0 heterocycles. The first-order valence-corrected chi connectivity index (χ1v) is 5.48. The molecule has 1 aliphatic rings. The molecule has 1 unspecified atom stereocenters. The van der Waals surface area contributed by atoms with Gasteiger partial charge in [0, 0.05) is 4.47 Å². The highest BCUT2D eigenvalue weighted by atomic mass is 79.9. The largest absolute Gasteiger partial charge is 0.481 e. The maximum absolute atomic E-state index is 14.0. The molecule has 0 bridgehead atoms. The SMILES string of the molecule is O=C(O)C1(C(F)c2ccc(Br)cc2)CC1. The molecule has 1 fully saturated rings. The number of hydrogen-bond acceptors (Lipinski definition) is 1. The van der Waals surface area contributed by atoms with E-state index in [9.17, 15) is 9.18 Å². The van der Waals surface area contributed by atoms with Crippen molar-refractivity contribution in [1.29, 1.82) is 0 Å². The molecule has 2 rings (SSSR count). The maximum Gasteiger partial charge on any atom is 0.312 e. The van der Waals surface area contributed by atoms with E-state index < -0.39 is 17.6 Å². The van der Waals surface area contributed by atoms with Crippen molar-refractivity contribution in [1.82, 2.24) is 0 Å². The summed E-state index contributed by atoms with van der Waals surface area (Å²) < 4.78 is 14.8. The highest BCUT2D eigenvalue weighted by Gasteiger charge is 2.57. The summed E-state index contributed by atoms with van der Waals surface area (Å²) >= 11 is 3.25. The predicted octanol–water partition coefficient (Wildman–Crippen LogP) is 3.32. The summed E-state index contributed by atoms with van der Waals surface area (Å²) in [7, 11) is 0. The van der Waals surface area contributed by atoms with Crippen LogP contribution in [0.2, 0.25) is 0 Å². The Balaban J connectivity index is 2.25. The lowest BCUT2D eigenvalue weighted by atomic mass is 9.94. The van der Waals surface area contributed by atoms with Gasteiger partial charge in [0.05, 0.1) is 0 Å². The van der Waals surface area contributed by atoms with Crippen LogP contribution in [0, 0.1) is 5.41 Å². The fraction of sp³-hybridized carbons (Fsp3) is 0.364. The second-order valence-electron chi connectivity index (χ2n) is 3.88. The van der Waals surface area contributed by atoms with Crippen LogP contribution in [0.4, 0.5) is 4.39 Å². The second kappa shape index (κ2) is 3.59. The zero-order valence-electron chi connectivity index (χ0n) is 7.91. The van der Waals surface area contributed by atoms with Gasteiger partial charge in [0.25, 0.3) is 0 Å². The third-order valence-corrected chi connectivity index (χ3v) is 3.39. The smallest absolute Gasteiger partial charge is 0.312 e. The lowest BCUT2D eigenvalue weighted by Crippen LogP contribution is -2.20. The average molecular weight is 273 g/mol. The summed E-state index contributed by atoms with van der Waals surface area (Å²) in [6.07, 6.45) is -0.540. The van der Waals surface area contributed by atoms with Crippen LogP contribution in [-0.4, -0.2) is 11.1 Å². The molecular weight excluding hydrogens is 263 g/mol. The lowest BCUT2D eigenvalue weighted by Gasteiger charge is -2.15. The number of benzene rings is 1. The molecule has 1 atom stereocenters. The minimum Gasteiger partial charge on any atom is -0.481 e. The van der Waals surface area contributed by atoms with Crippen LogP contribution >= 0.6 is 15.9 Å². The third kappa shape index (κ3) is 1.78. The van der Waals surface area contributed by atoms with Gasteiger partial charge in [-0.2, -0.15) is 0 Å². The van der Waals surface area contributed by atoms with Gasteiger partial charge in [-0.1, -0.05) is 28.1 Å². The van der Waals surface area contributed by atoms with Gasteiger partial charge in [0.15, 0.2) is 0 Å². The first-order chi connectivity index (χ1) is 7.06. The van der Waals surface area contributed by atoms with E-state index >= 15 is 0 Å². The molecule has 2 nitrogen and oxygen atoms in total. The minimum absolute atomic E-state index is 0.430. The molecule has 1 aromatic carbocycles. The van der Waals surface area contributed by atoms with E-state index in [-0.39, 0.29) is 0 Å². The number of alkyl halides is 1. The van der Waals surface area contributed by atoms with E-state index in [0.717, 1.165) is 4.47 Å². The van der Waals surface area contributed by atoms with Crippen molar-refractivity contribution in [2.75, 3.05) is 0 Å². The van der Waals surface area contributed by atoms with Crippen molar-refractivity contribution in [3.05, 3.63) is 34.3 Å². The zero-order chi connectivity index (χ0) is 11.1. The fourth-order valence-corrected chi connectivity index (χ4v) is 1.93. The molecule has 4 heteroatoms. The molecule has 0 spiro atoms. The Kier molecular flexibility index (Phi) is 2.54. The second-order valence-corrected chi connectivity index (χ2v) is 4.79. The van der Waals surface area contributed by atoms with Crippen LogP contribution in [-0.2, 0) is 4.79 Å². The number of carbonyl (C=O) groups is 1. The standard InChI is InChI=1S/C11H10BrFO2/c12-8-3-1-7(2-4-8)9(13)11(5-6-11)10(14)15/h1-4,9H,5-6H2,(H,14,15). The summed E-state index contributed by atoms with van der Waals surface area (Å²) in [4.78, 5) is 10.9. The van der Waals surface area contributed by atoms with Crippen LogP contribution in [0.15, 0.2) is 28.7 Å². The average Bonchev–Trinajstić information content (AvgIpc) is 2.98. The first kappa shape index (κ1) is 10.6. The molecule has 1 N–H and O–H groups in total. The Morgan fingerprint density at radius 3 is 2.33 bits per heavy atom. The van der Waals surface area contributed by atoms with E-state index in [1.807, 2.05) is 0 Å². The van der Waals surface area contributed by atoms with Crippen LogP contribution in [0.1, 0.15) is 24.6 Å². The minimum atomic E-state index is -1.40. The van der Waals surface area contributed by atoms with E-state index in [2.05, 4.69) is 15.9 Å². The van der Waals surface area contributed by atoms with Crippen molar-refractivity contribution in [2.24, 2.45) is 5.41 Å². The first-order valence-electron chi connectivity index (χ1n) is 4.69. The summed E-state index contributed by atoms with van der Waals surface area (Å²) in [5.41, 5.74) is -0.716. The van der Waals surface area contributed by atoms with E-state index in [1.54, 1.807) is 24.3 Å². The van der Waals surface area contributed by atoms with Crippen molar-refractivity contribution >= 4 is 21.9 Å². The zero-order valence-corrected chi connectivity index (χ0v) is 9.50. The Labute approximate surface area is 95.2 Å². The van der Waals surface area contributed by atoms with Gasteiger partial charge in [0.2, 0.25) is 0 Å². The summed E-state index contributed by atoms with van der Waals surface area (Å²) in [5, 5.41) is 8.94. The molecular formula is C11H10BrFO2. The van der Waals surface area contributed by atoms with Gasteiger partial charge in [-0.05, 0) is 30.5 Å². The van der Waals surface area contributed by atoms with Crippen molar-refractivity contribution in [3.8, 4) is 0 Å². The van der Waals surface area contributed by atoms with Crippen LogP contribution in [0.3, 0.4) is 0 Å². The number of rotatable bonds is 3. The molecule has 1 saturated carbocycles. The summed E-state index contributed by atoms with van der Waals surface area (Å²) in [6, 6.07) is 6.69. The molecule has 0 aliphatic heterocycles. The van der Waals surface area contributed by atoms with Crippen LogP contribution in [0.5, 0.6) is 0 Å². The number of carboxylic acids is 1. The van der Waals surface area contributed by atoms with Gasteiger partial charge >= 0.3 is 5.97 Å². The molecule has 15 heavy (non-hydrogen) atoms. The normalized spacial score (nSPS) is 19.6. The maximum atomic E-state index is 14.0. The van der Waals surface area contributed by atoms with Gasteiger partial charge in [-0.3, -0.25) is 4.79 Å². The Morgan fingerprint density at radius 1 is 1.40 bits per heavy atom. The summed E-state index contributed by atoms with van der Waals surface area (Å²) in [5.74, 6) is -1.03. The molecule has 0 radical (unpaired) electrons. The number of carboxylic acid groups (broad SMARTS) is 1. The molecule has 80 valence electrons. The monoisotopic (exact) mass is 272 g/mol. The highest BCUT2D eigenvalue weighted by Crippen LogP contribution is 2.56. The number of hydrogen-bond donors (Lipinski definition) is 1. The van der Waals surface area contributed by atoms with E-state index in [4.69, 9.17) is 5.11 Å². The van der Waals surface area contributed by atoms with Gasteiger partial charge in [-0.15, -0.1) is 0 Å². The van der Waals surface area contributed by atoms with E-state index in [0.29, 0.717) is 18.4 Å². The fourth-order valence-electron chi connectivity index (χ4n) is 1.66. The van der Waals surface area contributed by atoms with Gasteiger partial charge in [-0.25, -0.2) is 4.39 Å². The predicted molar refractivity (Wildman–Crippen MR) is 57.3 cm³/mol. The quantitative estimate of drug-likeness (QED) is 0.917.